The molecule has 0 saturated heterocycles. The van der Waals surface area contributed by atoms with Crippen LogP contribution in [-0.2, 0) is 15.7 Å². The van der Waals surface area contributed by atoms with Gasteiger partial charge >= 0.3 is 0 Å². The van der Waals surface area contributed by atoms with Gasteiger partial charge in [-0.15, -0.1) is 0 Å². The molecule has 0 radical (unpaired) electrons. The molecule has 29 heavy (non-hydrogen) atoms. The van der Waals surface area contributed by atoms with Crippen LogP contribution in [0, 0.1) is 5.41 Å². The Labute approximate surface area is 176 Å². The average molecular weight is 393 g/mol. The van der Waals surface area contributed by atoms with Crippen LogP contribution < -0.4 is 10.6 Å². The van der Waals surface area contributed by atoms with E-state index in [0.29, 0.717) is 0 Å². The lowest BCUT2D eigenvalue weighted by Crippen LogP contribution is -2.48. The van der Waals surface area contributed by atoms with Crippen LogP contribution in [0.5, 0.6) is 0 Å². The van der Waals surface area contributed by atoms with Gasteiger partial charge in [0.2, 0.25) is 0 Å². The van der Waals surface area contributed by atoms with Crippen LogP contribution in [0.15, 0.2) is 41.9 Å². The molecule has 0 fully saturated rings. The van der Waals surface area contributed by atoms with Gasteiger partial charge in [-0.3, -0.25) is 0 Å². The Morgan fingerprint density at radius 1 is 1.00 bits per heavy atom. The zero-order valence-electron chi connectivity index (χ0n) is 18.9. The molecule has 1 aromatic rings. The van der Waals surface area contributed by atoms with E-state index in [1.807, 2.05) is 0 Å². The van der Waals surface area contributed by atoms with Gasteiger partial charge in [-0.2, -0.15) is 0 Å². The summed E-state index contributed by atoms with van der Waals surface area (Å²) in [6, 6.07) is 4.67. The van der Waals surface area contributed by atoms with E-state index in [1.54, 1.807) is 0 Å². The molecule has 4 rings (SSSR count). The number of ether oxygens (including phenoxy) is 1. The summed E-state index contributed by atoms with van der Waals surface area (Å²) in [6.07, 6.45) is 11.7. The molecule has 1 atom stereocenters. The van der Waals surface area contributed by atoms with E-state index in [1.165, 1.54) is 28.8 Å². The molecule has 3 heterocycles. The Morgan fingerprint density at radius 3 is 2.41 bits per heavy atom. The lowest BCUT2D eigenvalue weighted by atomic mass is 9.71. The summed E-state index contributed by atoms with van der Waals surface area (Å²) in [5.74, 6) is 1.98. The Kier molecular flexibility index (Phi) is 4.73. The van der Waals surface area contributed by atoms with E-state index < -0.39 is 0 Å². The van der Waals surface area contributed by atoms with Crippen LogP contribution >= 0.6 is 0 Å². The molecular weight excluding hydrogens is 356 g/mol. The fourth-order valence-corrected chi connectivity index (χ4v) is 4.66. The average Bonchev–Trinajstić information content (AvgIpc) is 2.64. The SMILES string of the molecule is CC(C)(C)C1=CCC=C(/C=C/c2cc3c4c(c2)[C@@](C)(N)CCN4CCC3(C)C)O1. The Morgan fingerprint density at radius 2 is 1.69 bits per heavy atom. The highest BCUT2D eigenvalue weighted by molar-refractivity contribution is 5.72. The van der Waals surface area contributed by atoms with Crippen molar-refractivity contribution in [2.75, 3.05) is 18.0 Å². The Hall–Kier alpha value is -2.00. The Bertz CT molecular complexity index is 868. The first kappa shape index (κ1) is 20.3. The van der Waals surface area contributed by atoms with Crippen LogP contribution in [0.4, 0.5) is 5.69 Å². The van der Waals surface area contributed by atoms with E-state index in [-0.39, 0.29) is 16.4 Å². The molecule has 156 valence electrons. The monoisotopic (exact) mass is 392 g/mol. The molecule has 0 saturated carbocycles. The van der Waals surface area contributed by atoms with Crippen LogP contribution in [0.3, 0.4) is 0 Å². The molecule has 2 N–H and O–H groups in total. The van der Waals surface area contributed by atoms with Gasteiger partial charge in [-0.25, -0.2) is 0 Å². The number of hydrogen-bond acceptors (Lipinski definition) is 3. The van der Waals surface area contributed by atoms with E-state index in [2.05, 4.69) is 82.9 Å². The standard InChI is InChI=1S/C26H36N2O/c1-24(2,3)22-9-7-8-19(29-22)11-10-18-16-20-23-21(17-18)26(6,27)13-15-28(23)14-12-25(20,4)5/h8-11,16-17H,7,12-15,27H2,1-6H3/b11-10+/t26-/m0/s1. The molecule has 0 spiro atoms. The number of nitrogens with two attached hydrogens (primary N) is 1. The highest BCUT2D eigenvalue weighted by atomic mass is 16.5. The lowest BCUT2D eigenvalue weighted by Gasteiger charge is -2.48. The zero-order chi connectivity index (χ0) is 21.0. The highest BCUT2D eigenvalue weighted by Crippen LogP contribution is 2.48. The van der Waals surface area contributed by atoms with Gasteiger partial charge in [-0.05, 0) is 78.7 Å². The van der Waals surface area contributed by atoms with Crippen LogP contribution in [0.2, 0.25) is 0 Å². The van der Waals surface area contributed by atoms with Crippen molar-refractivity contribution < 1.29 is 4.74 Å². The summed E-state index contributed by atoms with van der Waals surface area (Å²) in [7, 11) is 0. The smallest absolute Gasteiger partial charge is 0.123 e. The van der Waals surface area contributed by atoms with Crippen molar-refractivity contribution in [3.63, 3.8) is 0 Å². The van der Waals surface area contributed by atoms with Gasteiger partial charge in [0.1, 0.15) is 11.5 Å². The molecule has 0 aliphatic carbocycles. The number of anilines is 1. The predicted molar refractivity (Wildman–Crippen MR) is 123 cm³/mol. The van der Waals surface area contributed by atoms with Crippen LogP contribution in [0.1, 0.15) is 77.5 Å². The molecule has 0 unspecified atom stereocenters. The highest BCUT2D eigenvalue weighted by Gasteiger charge is 2.40. The second kappa shape index (κ2) is 6.77. The first-order chi connectivity index (χ1) is 13.5. The molecule has 3 heteroatoms. The molecule has 0 bridgehead atoms. The maximum Gasteiger partial charge on any atom is 0.123 e. The third-order valence-corrected chi connectivity index (χ3v) is 6.73. The molecule has 3 aliphatic heterocycles. The molecular formula is C26H36N2O. The quantitative estimate of drug-likeness (QED) is 0.671. The largest absolute Gasteiger partial charge is 0.462 e. The van der Waals surface area contributed by atoms with Gasteiger partial charge in [0.15, 0.2) is 0 Å². The molecule has 0 amide bonds. The van der Waals surface area contributed by atoms with Gasteiger partial charge in [0.05, 0.1) is 0 Å². The molecule has 1 aromatic carbocycles. The van der Waals surface area contributed by atoms with Gasteiger partial charge in [0, 0.05) is 29.7 Å². The van der Waals surface area contributed by atoms with E-state index >= 15 is 0 Å². The topological polar surface area (TPSA) is 38.5 Å². The molecule has 3 aliphatic rings. The summed E-state index contributed by atoms with van der Waals surface area (Å²) in [6.45, 7) is 15.7. The third-order valence-electron chi connectivity index (χ3n) is 6.73. The lowest BCUT2D eigenvalue weighted by molar-refractivity contribution is 0.220. The molecule has 0 aromatic heterocycles. The van der Waals surface area contributed by atoms with Crippen molar-refractivity contribution in [1.29, 1.82) is 0 Å². The van der Waals surface area contributed by atoms with E-state index in [4.69, 9.17) is 10.5 Å². The second-order valence-electron chi connectivity index (χ2n) is 10.8. The fraction of sp³-hybridized carbons (Fsp3) is 0.538. The van der Waals surface area contributed by atoms with Crippen molar-refractivity contribution in [2.24, 2.45) is 11.1 Å². The summed E-state index contributed by atoms with van der Waals surface area (Å²) < 4.78 is 6.15. The number of nitrogens with zero attached hydrogens (tertiary/aromatic N) is 1. The van der Waals surface area contributed by atoms with Crippen molar-refractivity contribution in [3.05, 3.63) is 58.6 Å². The van der Waals surface area contributed by atoms with Crippen LogP contribution in [-0.4, -0.2) is 13.1 Å². The van der Waals surface area contributed by atoms with Gasteiger partial charge in [-0.1, -0.05) is 40.7 Å². The van der Waals surface area contributed by atoms with Crippen molar-refractivity contribution in [1.82, 2.24) is 0 Å². The molecule has 3 nitrogen and oxygen atoms in total. The van der Waals surface area contributed by atoms with Crippen molar-refractivity contribution >= 4 is 11.8 Å². The van der Waals surface area contributed by atoms with E-state index in [0.717, 1.165) is 37.4 Å². The summed E-state index contributed by atoms with van der Waals surface area (Å²) in [5, 5.41) is 0. The first-order valence-electron chi connectivity index (χ1n) is 11.0. The van der Waals surface area contributed by atoms with E-state index in [9.17, 15) is 0 Å². The summed E-state index contributed by atoms with van der Waals surface area (Å²) in [4.78, 5) is 2.55. The number of benzene rings is 1. The minimum Gasteiger partial charge on any atom is -0.462 e. The van der Waals surface area contributed by atoms with Gasteiger partial charge < -0.3 is 15.4 Å². The normalized spacial score (nSPS) is 26.0. The predicted octanol–water partition coefficient (Wildman–Crippen LogP) is 6.00. The zero-order valence-corrected chi connectivity index (χ0v) is 18.9. The number of rotatable bonds is 2. The Balaban J connectivity index is 1.70. The summed E-state index contributed by atoms with van der Waals surface area (Å²) >= 11 is 0. The number of allylic oxidation sites excluding steroid dienone is 4. The summed E-state index contributed by atoms with van der Waals surface area (Å²) in [5.41, 5.74) is 12.0. The minimum absolute atomic E-state index is 0.0260. The minimum atomic E-state index is -0.277. The van der Waals surface area contributed by atoms with Gasteiger partial charge in [0.25, 0.3) is 0 Å². The van der Waals surface area contributed by atoms with Crippen LogP contribution in [0.25, 0.3) is 6.08 Å². The van der Waals surface area contributed by atoms with Crippen molar-refractivity contribution in [2.45, 2.75) is 71.8 Å². The second-order valence-corrected chi connectivity index (χ2v) is 10.8. The first-order valence-corrected chi connectivity index (χ1v) is 11.0. The maximum absolute atomic E-state index is 6.77. The number of hydrogen-bond donors (Lipinski definition) is 1. The fourth-order valence-electron chi connectivity index (χ4n) is 4.66. The van der Waals surface area contributed by atoms with Crippen molar-refractivity contribution in [3.8, 4) is 0 Å². The maximum atomic E-state index is 6.77. The third kappa shape index (κ3) is 3.77.